The highest BCUT2D eigenvalue weighted by atomic mass is 16.5. The van der Waals surface area contributed by atoms with E-state index in [9.17, 15) is 4.79 Å². The zero-order valence-corrected chi connectivity index (χ0v) is 11.5. The molecule has 0 bridgehead atoms. The SMILES string of the molecule is COc1cccc(C(=O)Nc2c(C)nn(C)c2C)c1. The predicted octanol–water partition coefficient (Wildman–Crippen LogP) is 2.30. The lowest BCUT2D eigenvalue weighted by atomic mass is 10.2. The van der Waals surface area contributed by atoms with Crippen LogP contribution in [0.25, 0.3) is 0 Å². The number of rotatable bonds is 3. The van der Waals surface area contributed by atoms with Crippen LogP contribution in [0.1, 0.15) is 21.7 Å². The van der Waals surface area contributed by atoms with E-state index < -0.39 is 0 Å². The van der Waals surface area contributed by atoms with Crippen molar-refractivity contribution < 1.29 is 9.53 Å². The quantitative estimate of drug-likeness (QED) is 0.920. The number of ether oxygens (including phenoxy) is 1. The van der Waals surface area contributed by atoms with Gasteiger partial charge in [-0.3, -0.25) is 9.48 Å². The standard InChI is InChI=1S/C14H17N3O2/c1-9-13(10(2)17(3)16-9)15-14(18)11-6-5-7-12(8-11)19-4/h5-8H,1-4H3,(H,15,18). The van der Waals surface area contributed by atoms with Gasteiger partial charge >= 0.3 is 0 Å². The Morgan fingerprint density at radius 1 is 1.37 bits per heavy atom. The van der Waals surface area contributed by atoms with E-state index in [1.807, 2.05) is 20.9 Å². The van der Waals surface area contributed by atoms with Crippen LogP contribution in [-0.4, -0.2) is 22.8 Å². The summed E-state index contributed by atoms with van der Waals surface area (Å²) >= 11 is 0. The molecule has 0 saturated carbocycles. The van der Waals surface area contributed by atoms with Gasteiger partial charge in [-0.05, 0) is 32.0 Å². The molecular formula is C14H17N3O2. The van der Waals surface area contributed by atoms with E-state index in [2.05, 4.69) is 10.4 Å². The van der Waals surface area contributed by atoms with Crippen LogP contribution in [0.15, 0.2) is 24.3 Å². The molecule has 0 unspecified atom stereocenters. The average Bonchev–Trinajstić information content (AvgIpc) is 2.65. The van der Waals surface area contributed by atoms with E-state index in [1.54, 1.807) is 36.1 Å². The first-order valence-corrected chi connectivity index (χ1v) is 5.98. The number of amides is 1. The highest BCUT2D eigenvalue weighted by Gasteiger charge is 2.14. The number of carbonyl (C=O) groups is 1. The summed E-state index contributed by atoms with van der Waals surface area (Å²) in [7, 11) is 3.43. The van der Waals surface area contributed by atoms with Gasteiger partial charge in [-0.15, -0.1) is 0 Å². The lowest BCUT2D eigenvalue weighted by Crippen LogP contribution is -2.13. The van der Waals surface area contributed by atoms with Crippen LogP contribution in [0.2, 0.25) is 0 Å². The highest BCUT2D eigenvalue weighted by Crippen LogP contribution is 2.20. The van der Waals surface area contributed by atoms with E-state index in [0.29, 0.717) is 11.3 Å². The summed E-state index contributed by atoms with van der Waals surface area (Å²) in [6.07, 6.45) is 0. The van der Waals surface area contributed by atoms with Crippen LogP contribution in [-0.2, 0) is 7.05 Å². The largest absolute Gasteiger partial charge is 0.497 e. The molecule has 1 aromatic heterocycles. The third kappa shape index (κ3) is 2.59. The number of hydrogen-bond donors (Lipinski definition) is 1. The molecule has 0 aliphatic carbocycles. The minimum atomic E-state index is -0.168. The Labute approximate surface area is 112 Å². The third-order valence-electron chi connectivity index (χ3n) is 3.08. The van der Waals surface area contributed by atoms with Crippen LogP contribution < -0.4 is 10.1 Å². The maximum atomic E-state index is 12.2. The Morgan fingerprint density at radius 3 is 2.68 bits per heavy atom. The summed E-state index contributed by atoms with van der Waals surface area (Å²) < 4.78 is 6.86. The molecular weight excluding hydrogens is 242 g/mol. The van der Waals surface area contributed by atoms with Crippen LogP contribution in [0, 0.1) is 13.8 Å². The van der Waals surface area contributed by atoms with Crippen molar-refractivity contribution >= 4 is 11.6 Å². The summed E-state index contributed by atoms with van der Waals surface area (Å²) in [4.78, 5) is 12.2. The van der Waals surface area contributed by atoms with Gasteiger partial charge in [-0.25, -0.2) is 0 Å². The molecule has 2 aromatic rings. The molecule has 0 saturated heterocycles. The van der Waals surface area contributed by atoms with Crippen molar-refractivity contribution in [2.24, 2.45) is 7.05 Å². The van der Waals surface area contributed by atoms with E-state index >= 15 is 0 Å². The molecule has 0 radical (unpaired) electrons. The van der Waals surface area contributed by atoms with Gasteiger partial charge in [0.1, 0.15) is 5.75 Å². The third-order valence-corrected chi connectivity index (χ3v) is 3.08. The molecule has 0 atom stereocenters. The summed E-state index contributed by atoms with van der Waals surface area (Å²) in [5.74, 6) is 0.491. The first-order chi connectivity index (χ1) is 9.02. The van der Waals surface area contributed by atoms with E-state index in [1.165, 1.54) is 0 Å². The van der Waals surface area contributed by atoms with Crippen molar-refractivity contribution in [1.82, 2.24) is 9.78 Å². The van der Waals surface area contributed by atoms with E-state index in [-0.39, 0.29) is 5.91 Å². The number of nitrogens with one attached hydrogen (secondary N) is 1. The zero-order chi connectivity index (χ0) is 14.0. The molecule has 5 nitrogen and oxygen atoms in total. The van der Waals surface area contributed by atoms with Gasteiger partial charge in [-0.2, -0.15) is 5.10 Å². The van der Waals surface area contributed by atoms with Gasteiger partial charge in [0.25, 0.3) is 5.91 Å². The van der Waals surface area contributed by atoms with Crippen molar-refractivity contribution in [3.05, 3.63) is 41.2 Å². The number of carbonyl (C=O) groups excluding carboxylic acids is 1. The zero-order valence-electron chi connectivity index (χ0n) is 11.5. The number of aromatic nitrogens is 2. The molecule has 1 aromatic carbocycles. The lowest BCUT2D eigenvalue weighted by molar-refractivity contribution is 0.102. The number of aryl methyl sites for hydroxylation is 2. The number of methoxy groups -OCH3 is 1. The molecule has 5 heteroatoms. The number of anilines is 1. The van der Waals surface area contributed by atoms with Crippen LogP contribution in [0.5, 0.6) is 5.75 Å². The molecule has 0 aliphatic rings. The summed E-state index contributed by atoms with van der Waals surface area (Å²) in [5.41, 5.74) is 3.04. The summed E-state index contributed by atoms with van der Waals surface area (Å²) in [6, 6.07) is 7.04. The molecule has 100 valence electrons. The minimum absolute atomic E-state index is 0.168. The van der Waals surface area contributed by atoms with Gasteiger partial charge < -0.3 is 10.1 Å². The molecule has 1 heterocycles. The van der Waals surface area contributed by atoms with Crippen molar-refractivity contribution in [2.75, 3.05) is 12.4 Å². The maximum Gasteiger partial charge on any atom is 0.255 e. The average molecular weight is 259 g/mol. The molecule has 0 fully saturated rings. The maximum absolute atomic E-state index is 12.2. The van der Waals surface area contributed by atoms with Crippen molar-refractivity contribution in [3.63, 3.8) is 0 Å². The monoisotopic (exact) mass is 259 g/mol. The van der Waals surface area contributed by atoms with E-state index in [0.717, 1.165) is 17.1 Å². The molecule has 19 heavy (non-hydrogen) atoms. The highest BCUT2D eigenvalue weighted by molar-refractivity contribution is 6.05. The topological polar surface area (TPSA) is 56.1 Å². The summed E-state index contributed by atoms with van der Waals surface area (Å²) in [6.45, 7) is 3.79. The Hall–Kier alpha value is -2.30. The molecule has 1 N–H and O–H groups in total. The fourth-order valence-electron chi connectivity index (χ4n) is 1.90. The number of nitrogens with zero attached hydrogens (tertiary/aromatic N) is 2. The van der Waals surface area contributed by atoms with E-state index in [4.69, 9.17) is 4.74 Å². The minimum Gasteiger partial charge on any atom is -0.497 e. The van der Waals surface area contributed by atoms with Gasteiger partial charge in [0.05, 0.1) is 24.2 Å². The van der Waals surface area contributed by atoms with Crippen molar-refractivity contribution in [2.45, 2.75) is 13.8 Å². The Morgan fingerprint density at radius 2 is 2.11 bits per heavy atom. The van der Waals surface area contributed by atoms with Crippen molar-refractivity contribution in [3.8, 4) is 5.75 Å². The second-order valence-corrected chi connectivity index (χ2v) is 4.36. The first-order valence-electron chi connectivity index (χ1n) is 5.98. The van der Waals surface area contributed by atoms with Gasteiger partial charge in [0.2, 0.25) is 0 Å². The normalized spacial score (nSPS) is 10.3. The van der Waals surface area contributed by atoms with Crippen LogP contribution in [0.4, 0.5) is 5.69 Å². The van der Waals surface area contributed by atoms with Crippen LogP contribution in [0.3, 0.4) is 0 Å². The van der Waals surface area contributed by atoms with Crippen molar-refractivity contribution in [1.29, 1.82) is 0 Å². The molecule has 0 spiro atoms. The molecule has 1 amide bonds. The van der Waals surface area contributed by atoms with Gasteiger partial charge in [0.15, 0.2) is 0 Å². The van der Waals surface area contributed by atoms with Gasteiger partial charge in [-0.1, -0.05) is 6.07 Å². The number of benzene rings is 1. The lowest BCUT2D eigenvalue weighted by Gasteiger charge is -2.07. The smallest absolute Gasteiger partial charge is 0.255 e. The summed E-state index contributed by atoms with van der Waals surface area (Å²) in [5, 5.41) is 7.16. The molecule has 0 aliphatic heterocycles. The van der Waals surface area contributed by atoms with Crippen LogP contribution >= 0.6 is 0 Å². The Kier molecular flexibility index (Phi) is 3.55. The molecule has 2 rings (SSSR count). The fourth-order valence-corrected chi connectivity index (χ4v) is 1.90. The Bertz CT molecular complexity index is 617. The Balaban J connectivity index is 2.25. The fraction of sp³-hybridized carbons (Fsp3) is 0.286. The van der Waals surface area contributed by atoms with Gasteiger partial charge in [0, 0.05) is 12.6 Å². The number of hydrogen-bond acceptors (Lipinski definition) is 3. The second-order valence-electron chi connectivity index (χ2n) is 4.36. The first kappa shape index (κ1) is 13.1. The predicted molar refractivity (Wildman–Crippen MR) is 73.6 cm³/mol. The second kappa shape index (κ2) is 5.14.